The Balaban J connectivity index is 0.000000671. The molecule has 0 N–H and O–H groups in total. The van der Waals surface area contributed by atoms with Gasteiger partial charge in [0.2, 0.25) is 0 Å². The molecule has 1 aliphatic rings. The smallest absolute Gasteiger partial charge is 0.0186 e. The third kappa shape index (κ3) is 3.74. The molecular formula is C24H36. The van der Waals surface area contributed by atoms with E-state index in [0.29, 0.717) is 0 Å². The lowest BCUT2D eigenvalue weighted by atomic mass is 9.75. The van der Waals surface area contributed by atoms with Crippen LogP contribution in [0.1, 0.15) is 82.7 Å². The standard InChI is InChI=1S/C20H24.2C2H6/c1-14-6-9-16(10-7-14)20(5)13-19(3,4)17-11-8-15(2)12-18(17)20;2*1-2/h6-12H,13H2,1-5H3;2*1-2H3. The zero-order valence-electron chi connectivity index (χ0n) is 17.2. The summed E-state index contributed by atoms with van der Waals surface area (Å²) in [7, 11) is 0. The molecular weight excluding hydrogens is 288 g/mol. The number of fused-ring (bicyclic) bond motifs is 1. The third-order valence-corrected chi connectivity index (χ3v) is 4.98. The van der Waals surface area contributed by atoms with Crippen molar-refractivity contribution >= 4 is 0 Å². The Hall–Kier alpha value is -1.56. The van der Waals surface area contributed by atoms with Crippen molar-refractivity contribution < 1.29 is 0 Å². The van der Waals surface area contributed by atoms with Gasteiger partial charge in [-0.1, -0.05) is 102 Å². The molecule has 132 valence electrons. The van der Waals surface area contributed by atoms with Crippen LogP contribution in [0.3, 0.4) is 0 Å². The summed E-state index contributed by atoms with van der Waals surface area (Å²) in [5.74, 6) is 0. The number of aryl methyl sites for hydroxylation is 2. The Bertz CT molecular complexity index is 646. The van der Waals surface area contributed by atoms with Crippen molar-refractivity contribution in [1.82, 2.24) is 0 Å². The molecule has 0 fully saturated rings. The molecule has 0 amide bonds. The zero-order valence-corrected chi connectivity index (χ0v) is 17.2. The van der Waals surface area contributed by atoms with Crippen LogP contribution in [0.4, 0.5) is 0 Å². The second-order valence-corrected chi connectivity index (χ2v) is 7.31. The van der Waals surface area contributed by atoms with E-state index in [4.69, 9.17) is 0 Å². The number of hydrogen-bond donors (Lipinski definition) is 0. The molecule has 0 heteroatoms. The number of rotatable bonds is 1. The fourth-order valence-electron chi connectivity index (χ4n) is 3.96. The summed E-state index contributed by atoms with van der Waals surface area (Å²) in [6.45, 7) is 19.5. The van der Waals surface area contributed by atoms with E-state index in [1.165, 1.54) is 34.2 Å². The maximum absolute atomic E-state index is 2.41. The molecule has 0 heterocycles. The minimum atomic E-state index is 0.137. The molecule has 0 bridgehead atoms. The molecule has 0 nitrogen and oxygen atoms in total. The first-order valence-electron chi connectivity index (χ1n) is 9.52. The van der Waals surface area contributed by atoms with Gasteiger partial charge < -0.3 is 0 Å². The molecule has 24 heavy (non-hydrogen) atoms. The van der Waals surface area contributed by atoms with Gasteiger partial charge in [-0.05, 0) is 42.4 Å². The number of hydrogen-bond acceptors (Lipinski definition) is 0. The van der Waals surface area contributed by atoms with Crippen molar-refractivity contribution in [3.63, 3.8) is 0 Å². The van der Waals surface area contributed by atoms with Crippen molar-refractivity contribution in [2.75, 3.05) is 0 Å². The van der Waals surface area contributed by atoms with Gasteiger partial charge in [0.1, 0.15) is 0 Å². The van der Waals surface area contributed by atoms with Gasteiger partial charge in [0.25, 0.3) is 0 Å². The van der Waals surface area contributed by atoms with E-state index in [-0.39, 0.29) is 10.8 Å². The largest absolute Gasteiger partial charge is 0.0683 e. The molecule has 2 aromatic carbocycles. The molecule has 0 radical (unpaired) electrons. The highest BCUT2D eigenvalue weighted by atomic mass is 14.5. The Morgan fingerprint density at radius 1 is 0.667 bits per heavy atom. The summed E-state index contributed by atoms with van der Waals surface area (Å²) < 4.78 is 0. The molecule has 1 atom stereocenters. The molecule has 2 aromatic rings. The predicted molar refractivity (Wildman–Crippen MR) is 109 cm³/mol. The lowest BCUT2D eigenvalue weighted by molar-refractivity contribution is 0.425. The van der Waals surface area contributed by atoms with E-state index >= 15 is 0 Å². The first kappa shape index (κ1) is 20.5. The van der Waals surface area contributed by atoms with Crippen molar-refractivity contribution in [2.45, 2.75) is 79.6 Å². The van der Waals surface area contributed by atoms with Crippen LogP contribution < -0.4 is 0 Å². The second kappa shape index (κ2) is 8.01. The quantitative estimate of drug-likeness (QED) is 0.514. The van der Waals surface area contributed by atoms with Crippen LogP contribution >= 0.6 is 0 Å². The summed E-state index contributed by atoms with van der Waals surface area (Å²) in [4.78, 5) is 0. The first-order valence-corrected chi connectivity index (χ1v) is 9.52. The third-order valence-electron chi connectivity index (χ3n) is 4.98. The Morgan fingerprint density at radius 2 is 1.17 bits per heavy atom. The lowest BCUT2D eigenvalue weighted by Gasteiger charge is -2.28. The van der Waals surface area contributed by atoms with Gasteiger partial charge in [-0.15, -0.1) is 0 Å². The minimum Gasteiger partial charge on any atom is -0.0683 e. The van der Waals surface area contributed by atoms with Crippen molar-refractivity contribution in [2.24, 2.45) is 0 Å². The van der Waals surface area contributed by atoms with E-state index in [1.807, 2.05) is 27.7 Å². The highest BCUT2D eigenvalue weighted by molar-refractivity contribution is 5.52. The van der Waals surface area contributed by atoms with Crippen LogP contribution in [0.2, 0.25) is 0 Å². The van der Waals surface area contributed by atoms with E-state index in [1.54, 1.807) is 0 Å². The normalized spacial score (nSPS) is 20.2. The fraction of sp³-hybridized carbons (Fsp3) is 0.500. The second-order valence-electron chi connectivity index (χ2n) is 7.31. The molecule has 0 aromatic heterocycles. The van der Waals surface area contributed by atoms with Crippen LogP contribution in [-0.2, 0) is 10.8 Å². The highest BCUT2D eigenvalue weighted by Gasteiger charge is 2.45. The van der Waals surface area contributed by atoms with E-state index in [9.17, 15) is 0 Å². The maximum Gasteiger partial charge on any atom is 0.0186 e. The van der Waals surface area contributed by atoms with Crippen molar-refractivity contribution in [3.8, 4) is 0 Å². The summed E-state index contributed by atoms with van der Waals surface area (Å²) in [5.41, 5.74) is 7.57. The van der Waals surface area contributed by atoms with Gasteiger partial charge in [0, 0.05) is 5.41 Å². The van der Waals surface area contributed by atoms with Crippen LogP contribution in [0.5, 0.6) is 0 Å². The molecule has 0 saturated heterocycles. The number of benzene rings is 2. The van der Waals surface area contributed by atoms with E-state index in [2.05, 4.69) is 77.1 Å². The summed E-state index contributed by atoms with van der Waals surface area (Å²) in [5, 5.41) is 0. The maximum atomic E-state index is 2.41. The predicted octanol–water partition coefficient (Wildman–Crippen LogP) is 7.34. The van der Waals surface area contributed by atoms with E-state index in [0.717, 1.165) is 0 Å². The Labute approximate surface area is 150 Å². The molecule has 0 aliphatic heterocycles. The summed E-state index contributed by atoms with van der Waals surface area (Å²) in [6.07, 6.45) is 1.18. The van der Waals surface area contributed by atoms with Crippen LogP contribution in [0.25, 0.3) is 0 Å². The van der Waals surface area contributed by atoms with Gasteiger partial charge in [0.15, 0.2) is 0 Å². The minimum absolute atomic E-state index is 0.137. The highest BCUT2D eigenvalue weighted by Crippen LogP contribution is 2.52. The Kier molecular flexibility index (Phi) is 6.84. The summed E-state index contributed by atoms with van der Waals surface area (Å²) in [6, 6.07) is 16.1. The van der Waals surface area contributed by atoms with Crippen molar-refractivity contribution in [3.05, 3.63) is 70.3 Å². The monoisotopic (exact) mass is 324 g/mol. The SMILES string of the molecule is CC.CC.Cc1ccc(C2(C)CC(C)(C)c3ccc(C)cc32)cc1. The molecule has 3 rings (SSSR count). The van der Waals surface area contributed by atoms with Crippen LogP contribution in [0.15, 0.2) is 42.5 Å². The Morgan fingerprint density at radius 3 is 1.71 bits per heavy atom. The molecule has 1 unspecified atom stereocenters. The van der Waals surface area contributed by atoms with Gasteiger partial charge in [0.05, 0.1) is 0 Å². The molecule has 0 saturated carbocycles. The first-order chi connectivity index (χ1) is 11.3. The van der Waals surface area contributed by atoms with Crippen molar-refractivity contribution in [1.29, 1.82) is 0 Å². The molecule has 1 aliphatic carbocycles. The van der Waals surface area contributed by atoms with Gasteiger partial charge >= 0.3 is 0 Å². The van der Waals surface area contributed by atoms with Crippen LogP contribution in [-0.4, -0.2) is 0 Å². The van der Waals surface area contributed by atoms with Gasteiger partial charge in [-0.25, -0.2) is 0 Å². The summed E-state index contributed by atoms with van der Waals surface area (Å²) >= 11 is 0. The van der Waals surface area contributed by atoms with Crippen LogP contribution in [0, 0.1) is 13.8 Å². The van der Waals surface area contributed by atoms with E-state index < -0.39 is 0 Å². The fourth-order valence-corrected chi connectivity index (χ4v) is 3.96. The topological polar surface area (TPSA) is 0 Å². The lowest BCUT2D eigenvalue weighted by Crippen LogP contribution is -2.23. The van der Waals surface area contributed by atoms with Gasteiger partial charge in [-0.2, -0.15) is 0 Å². The van der Waals surface area contributed by atoms with Gasteiger partial charge in [-0.3, -0.25) is 0 Å². The zero-order chi connectivity index (χ0) is 18.5. The average molecular weight is 325 g/mol. The molecule has 0 spiro atoms. The average Bonchev–Trinajstić information content (AvgIpc) is 2.78.